The number of hydrogen-bond donors (Lipinski definition) is 2. The zero-order chi connectivity index (χ0) is 26.4. The Morgan fingerprint density at radius 1 is 0.946 bits per heavy atom. The molecule has 0 aliphatic carbocycles. The van der Waals surface area contributed by atoms with Crippen molar-refractivity contribution in [2.24, 2.45) is 5.92 Å². The lowest BCUT2D eigenvalue weighted by Crippen LogP contribution is -2.45. The average molecular weight is 570 g/mol. The topological polar surface area (TPSA) is 71.0 Å². The third-order valence-corrected chi connectivity index (χ3v) is 7.72. The van der Waals surface area contributed by atoms with E-state index in [0.29, 0.717) is 5.69 Å². The van der Waals surface area contributed by atoms with Crippen molar-refractivity contribution in [3.05, 3.63) is 65.2 Å². The van der Waals surface area contributed by atoms with Gasteiger partial charge in [-0.2, -0.15) is 0 Å². The van der Waals surface area contributed by atoms with E-state index >= 15 is 0 Å². The molecule has 0 unspecified atom stereocenters. The number of carbonyl (C=O) groups is 1. The van der Waals surface area contributed by atoms with Crippen LogP contribution in [-0.4, -0.2) is 45.4 Å². The number of rotatable bonds is 6. The second kappa shape index (κ2) is 13.1. The summed E-state index contributed by atoms with van der Waals surface area (Å²) in [6, 6.07) is 15.1. The molecule has 2 saturated heterocycles. The van der Waals surface area contributed by atoms with E-state index in [1.54, 1.807) is 12.1 Å². The smallest absolute Gasteiger partial charge is 0.276 e. The minimum Gasteiger partial charge on any atom is -0.392 e. The molecule has 4 atom stereocenters. The maximum atomic E-state index is 12.0. The first kappa shape index (κ1) is 28.6. The molecule has 0 spiro atoms. The van der Waals surface area contributed by atoms with Crippen molar-refractivity contribution < 1.29 is 19.4 Å². The highest BCUT2D eigenvalue weighted by atomic mass is 35.6. The predicted octanol–water partition coefficient (Wildman–Crippen LogP) is 6.55. The van der Waals surface area contributed by atoms with Crippen LogP contribution in [0.1, 0.15) is 68.1 Å². The highest BCUT2D eigenvalue weighted by Crippen LogP contribution is 2.42. The summed E-state index contributed by atoms with van der Waals surface area (Å²) in [7, 11) is 0. The van der Waals surface area contributed by atoms with Crippen LogP contribution in [0.5, 0.6) is 0 Å². The molecule has 9 heteroatoms. The van der Waals surface area contributed by atoms with Gasteiger partial charge in [0.2, 0.25) is 0 Å². The highest BCUT2D eigenvalue weighted by molar-refractivity contribution is 6.76. The van der Waals surface area contributed by atoms with Crippen molar-refractivity contribution in [2.75, 3.05) is 25.0 Å². The van der Waals surface area contributed by atoms with E-state index < -0.39 is 16.0 Å². The van der Waals surface area contributed by atoms with Gasteiger partial charge >= 0.3 is 0 Å². The maximum absolute atomic E-state index is 12.0. The Bertz CT molecular complexity index is 1010. The van der Waals surface area contributed by atoms with E-state index in [2.05, 4.69) is 17.1 Å². The summed E-state index contributed by atoms with van der Waals surface area (Å²) < 4.78 is 11.1. The molecule has 4 rings (SSSR count). The number of carbonyl (C=O) groups excluding carboxylic acids is 1. The van der Waals surface area contributed by atoms with Gasteiger partial charge < -0.3 is 24.8 Å². The van der Waals surface area contributed by atoms with Gasteiger partial charge in [0, 0.05) is 23.7 Å². The molecule has 0 aromatic heterocycles. The number of amides is 1. The Morgan fingerprint density at radius 2 is 1.54 bits per heavy atom. The Balaban J connectivity index is 1.54. The number of halogens is 3. The summed E-state index contributed by atoms with van der Waals surface area (Å²) in [5, 5.41) is 12.1. The number of aliphatic hydroxyl groups is 1. The standard InChI is InChI=1S/C28H35Cl3N2O4/c1-19-24(17-33-15-5-3-2-4-6-16-33)36-26(37-25(19)21-9-7-20(18-34)8-10-21)22-11-13-23(14-12-22)32-27(35)28(29,30)31/h7-14,19,24-26,34H,2-6,15-18H2,1H3,(H,32,35)/t19-,24+,25+,26+/m0/s1. The largest absolute Gasteiger partial charge is 0.392 e. The molecule has 6 nitrogen and oxygen atoms in total. The lowest BCUT2D eigenvalue weighted by molar-refractivity contribution is -0.276. The number of hydrogen-bond acceptors (Lipinski definition) is 5. The zero-order valence-electron chi connectivity index (χ0n) is 21.0. The molecule has 2 aliphatic rings. The minimum absolute atomic E-state index is 0.00580. The summed E-state index contributed by atoms with van der Waals surface area (Å²) in [5.74, 6) is -0.589. The van der Waals surface area contributed by atoms with Crippen LogP contribution in [0.4, 0.5) is 5.69 Å². The second-order valence-electron chi connectivity index (χ2n) is 9.96. The Labute approximate surface area is 234 Å². The molecular weight excluding hydrogens is 535 g/mol. The van der Waals surface area contributed by atoms with Crippen molar-refractivity contribution in [2.45, 2.75) is 67.9 Å². The van der Waals surface area contributed by atoms with Crippen LogP contribution in [-0.2, 0) is 20.9 Å². The minimum atomic E-state index is -2.04. The first-order valence-electron chi connectivity index (χ1n) is 13.0. The Hall–Kier alpha value is -1.38. The lowest BCUT2D eigenvalue weighted by Gasteiger charge is -2.43. The molecule has 2 aliphatic heterocycles. The number of anilines is 1. The van der Waals surface area contributed by atoms with E-state index in [0.717, 1.165) is 36.3 Å². The van der Waals surface area contributed by atoms with E-state index in [1.165, 1.54) is 32.1 Å². The average Bonchev–Trinajstić information content (AvgIpc) is 2.86. The van der Waals surface area contributed by atoms with Crippen LogP contribution < -0.4 is 5.32 Å². The second-order valence-corrected chi connectivity index (χ2v) is 12.2. The van der Waals surface area contributed by atoms with Gasteiger partial charge in [-0.1, -0.05) is 97.4 Å². The fourth-order valence-corrected chi connectivity index (χ4v) is 5.15. The van der Waals surface area contributed by atoms with Gasteiger partial charge in [-0.25, -0.2) is 0 Å². The normalized spacial score (nSPS) is 25.8. The van der Waals surface area contributed by atoms with Gasteiger partial charge in [-0.15, -0.1) is 0 Å². The Kier molecular flexibility index (Phi) is 10.1. The molecule has 2 aromatic rings. The summed E-state index contributed by atoms with van der Waals surface area (Å²) in [5.41, 5.74) is 3.28. The van der Waals surface area contributed by atoms with Crippen LogP contribution >= 0.6 is 34.8 Å². The molecule has 2 heterocycles. The van der Waals surface area contributed by atoms with Gasteiger partial charge in [0.25, 0.3) is 9.70 Å². The van der Waals surface area contributed by atoms with E-state index in [4.69, 9.17) is 44.3 Å². The van der Waals surface area contributed by atoms with Gasteiger partial charge in [-0.05, 0) is 49.2 Å². The van der Waals surface area contributed by atoms with Crippen LogP contribution in [0.2, 0.25) is 0 Å². The van der Waals surface area contributed by atoms with E-state index in [9.17, 15) is 9.90 Å². The SMILES string of the molecule is C[C@H]1[C@@H](CN2CCCCCCC2)O[C@@H](c2ccc(NC(=O)C(Cl)(Cl)Cl)cc2)O[C@H]1c1ccc(CO)cc1. The number of nitrogens with one attached hydrogen (secondary N) is 1. The molecule has 2 N–H and O–H groups in total. The maximum Gasteiger partial charge on any atom is 0.276 e. The summed E-state index contributed by atoms with van der Waals surface area (Å²) in [6.45, 7) is 5.22. The first-order chi connectivity index (χ1) is 17.7. The van der Waals surface area contributed by atoms with E-state index in [1.807, 2.05) is 36.4 Å². The molecule has 2 fully saturated rings. The van der Waals surface area contributed by atoms with Crippen LogP contribution in [0.25, 0.3) is 0 Å². The molecule has 202 valence electrons. The summed E-state index contributed by atoms with van der Waals surface area (Å²) >= 11 is 17.0. The number of likely N-dealkylation sites (tertiary alicyclic amines) is 1. The van der Waals surface area contributed by atoms with Gasteiger partial charge in [0.05, 0.1) is 18.8 Å². The summed E-state index contributed by atoms with van der Waals surface area (Å²) in [4.78, 5) is 14.5. The molecule has 0 saturated carbocycles. The van der Waals surface area contributed by atoms with Crippen molar-refractivity contribution in [1.82, 2.24) is 4.90 Å². The van der Waals surface area contributed by atoms with Crippen molar-refractivity contribution in [1.29, 1.82) is 0 Å². The van der Waals surface area contributed by atoms with Gasteiger partial charge in [0.15, 0.2) is 6.29 Å². The van der Waals surface area contributed by atoms with Crippen molar-refractivity contribution in [3.63, 3.8) is 0 Å². The quantitative estimate of drug-likeness (QED) is 0.386. The van der Waals surface area contributed by atoms with Crippen LogP contribution in [0, 0.1) is 5.92 Å². The number of ether oxygens (including phenoxy) is 2. The zero-order valence-corrected chi connectivity index (χ0v) is 23.3. The molecule has 0 radical (unpaired) electrons. The summed E-state index contributed by atoms with van der Waals surface area (Å²) in [6.07, 6.45) is 5.55. The monoisotopic (exact) mass is 568 g/mol. The number of aliphatic hydroxyl groups excluding tert-OH is 1. The van der Waals surface area contributed by atoms with Gasteiger partial charge in [-0.3, -0.25) is 4.79 Å². The third-order valence-electron chi connectivity index (χ3n) is 7.21. The highest BCUT2D eigenvalue weighted by Gasteiger charge is 2.39. The molecule has 1 amide bonds. The third kappa shape index (κ3) is 7.82. The van der Waals surface area contributed by atoms with Crippen LogP contribution in [0.15, 0.2) is 48.5 Å². The Morgan fingerprint density at radius 3 is 2.14 bits per heavy atom. The van der Waals surface area contributed by atoms with Crippen molar-refractivity contribution >= 4 is 46.4 Å². The number of alkyl halides is 3. The molecular formula is C28H35Cl3N2O4. The van der Waals surface area contributed by atoms with E-state index in [-0.39, 0.29) is 24.7 Å². The first-order valence-corrected chi connectivity index (χ1v) is 14.1. The fraction of sp³-hybridized carbons (Fsp3) is 0.536. The molecule has 2 aromatic carbocycles. The van der Waals surface area contributed by atoms with Gasteiger partial charge in [0.1, 0.15) is 0 Å². The number of nitrogens with zero attached hydrogens (tertiary/aromatic N) is 1. The predicted molar refractivity (Wildman–Crippen MR) is 148 cm³/mol. The molecule has 0 bridgehead atoms. The number of benzene rings is 2. The lowest BCUT2D eigenvalue weighted by atomic mass is 9.89. The van der Waals surface area contributed by atoms with Crippen LogP contribution in [0.3, 0.4) is 0 Å². The molecule has 37 heavy (non-hydrogen) atoms. The fourth-order valence-electron chi connectivity index (χ4n) is 5.00. The van der Waals surface area contributed by atoms with Crippen molar-refractivity contribution in [3.8, 4) is 0 Å².